The highest BCUT2D eigenvalue weighted by Crippen LogP contribution is 2.30. The van der Waals surface area contributed by atoms with E-state index in [0.717, 1.165) is 16.7 Å². The number of fused-ring (bicyclic) bond motifs is 1. The molecular weight excluding hydrogens is 368 g/mol. The molecule has 0 unspecified atom stereocenters. The Labute approximate surface area is 166 Å². The zero-order valence-electron chi connectivity index (χ0n) is 15.9. The van der Waals surface area contributed by atoms with E-state index in [-0.39, 0.29) is 16.4 Å². The van der Waals surface area contributed by atoms with Gasteiger partial charge in [0.05, 0.1) is 24.1 Å². The van der Waals surface area contributed by atoms with Crippen molar-refractivity contribution in [3.8, 4) is 0 Å². The average molecular weight is 386 g/mol. The van der Waals surface area contributed by atoms with E-state index in [1.807, 2.05) is 31.2 Å². The molecule has 0 saturated heterocycles. The summed E-state index contributed by atoms with van der Waals surface area (Å²) in [5, 5.41) is 3.42. The van der Waals surface area contributed by atoms with Crippen LogP contribution in [0.15, 0.2) is 58.3 Å². The van der Waals surface area contributed by atoms with Crippen LogP contribution in [0.1, 0.15) is 27.0 Å². The summed E-state index contributed by atoms with van der Waals surface area (Å²) in [6, 6.07) is 14.8. The lowest BCUT2D eigenvalue weighted by Crippen LogP contribution is -2.39. The fraction of sp³-hybridized carbons (Fsp3) is 0.0909. The van der Waals surface area contributed by atoms with Crippen molar-refractivity contribution in [3.63, 3.8) is 0 Å². The molecule has 0 bridgehead atoms. The minimum absolute atomic E-state index is 0.181. The first kappa shape index (κ1) is 18.4. The number of aromatic amines is 1. The van der Waals surface area contributed by atoms with Gasteiger partial charge in [0.1, 0.15) is 5.48 Å². The maximum Gasteiger partial charge on any atom is 0.337 e. The standard InChI is InChI=1S/C22H18N4O3/c1-12-4-6-14(7-5-12)18-17(15-8-10-16(11-9-15)22(28)29-3)25-19-20(26-18)23-13(2)24-21(19)27/h4-11H,2H2,1,3H3,(H,23,26)(H,24,27). The lowest BCUT2D eigenvalue weighted by atomic mass is 10.0. The third kappa shape index (κ3) is 3.45. The number of carbonyl (C=O) groups excluding carboxylic acids is 1. The van der Waals surface area contributed by atoms with Gasteiger partial charge < -0.3 is 15.0 Å². The molecule has 0 fully saturated rings. The molecule has 0 saturated carbocycles. The van der Waals surface area contributed by atoms with Crippen LogP contribution in [0.2, 0.25) is 0 Å². The molecule has 0 atom stereocenters. The second-order valence-electron chi connectivity index (χ2n) is 6.61. The molecule has 1 aromatic heterocycles. The number of nitrogens with one attached hydrogen (secondary N) is 2. The molecule has 2 N–H and O–H groups in total. The first-order valence-electron chi connectivity index (χ1n) is 8.91. The zero-order valence-corrected chi connectivity index (χ0v) is 15.9. The van der Waals surface area contributed by atoms with E-state index in [4.69, 9.17) is 4.74 Å². The number of methoxy groups -OCH3 is 1. The predicted octanol–water partition coefficient (Wildman–Crippen LogP) is 1.85. The number of benzene rings is 2. The number of carbonyl (C=O) groups is 1. The van der Waals surface area contributed by atoms with Gasteiger partial charge in [-0.1, -0.05) is 48.5 Å². The van der Waals surface area contributed by atoms with E-state index in [0.29, 0.717) is 22.8 Å². The number of hydrogen-bond donors (Lipinski definition) is 2. The van der Waals surface area contributed by atoms with Crippen molar-refractivity contribution in [2.24, 2.45) is 4.99 Å². The first-order chi connectivity index (χ1) is 14.0. The summed E-state index contributed by atoms with van der Waals surface area (Å²) in [6.07, 6.45) is 0. The van der Waals surface area contributed by atoms with Crippen LogP contribution in [0.3, 0.4) is 0 Å². The van der Waals surface area contributed by atoms with E-state index in [2.05, 4.69) is 26.9 Å². The van der Waals surface area contributed by atoms with E-state index >= 15 is 0 Å². The normalized spacial score (nSPS) is 12.6. The topological polar surface area (TPSA) is 96.4 Å². The smallest absolute Gasteiger partial charge is 0.337 e. The Morgan fingerprint density at radius 3 is 2.34 bits per heavy atom. The maximum absolute atomic E-state index is 12.4. The van der Waals surface area contributed by atoms with E-state index in [1.54, 1.807) is 24.3 Å². The third-order valence-electron chi connectivity index (χ3n) is 4.57. The van der Waals surface area contributed by atoms with Gasteiger partial charge in [-0.2, -0.15) is 0 Å². The molecule has 29 heavy (non-hydrogen) atoms. The van der Waals surface area contributed by atoms with Crippen LogP contribution in [0.5, 0.6) is 0 Å². The fourth-order valence-electron chi connectivity index (χ4n) is 3.07. The SMILES string of the molecule is C=c1nc2c(c(=O)[nH]1)=NC(c1ccc(C(=O)OC)cc1)=C(c1ccc(C)cc1)N2. The Balaban J connectivity index is 1.94. The zero-order chi connectivity index (χ0) is 20.5. The van der Waals surface area contributed by atoms with Crippen molar-refractivity contribution >= 4 is 29.8 Å². The molecule has 2 aromatic carbocycles. The minimum Gasteiger partial charge on any atom is -0.465 e. The number of H-pyrrole nitrogens is 1. The molecule has 144 valence electrons. The van der Waals surface area contributed by atoms with Crippen molar-refractivity contribution < 1.29 is 9.53 Å². The van der Waals surface area contributed by atoms with E-state index < -0.39 is 5.97 Å². The summed E-state index contributed by atoms with van der Waals surface area (Å²) in [6.45, 7) is 5.71. The molecule has 2 heterocycles. The predicted molar refractivity (Wildman–Crippen MR) is 111 cm³/mol. The molecule has 1 aliphatic heterocycles. The summed E-state index contributed by atoms with van der Waals surface area (Å²) < 4.78 is 4.75. The highest BCUT2D eigenvalue weighted by atomic mass is 16.5. The Bertz CT molecular complexity index is 1300. The van der Waals surface area contributed by atoms with Crippen molar-refractivity contribution in [1.29, 1.82) is 0 Å². The molecule has 1 aliphatic rings. The molecule has 7 heteroatoms. The number of nitrogens with zero attached hydrogens (tertiary/aromatic N) is 2. The molecule has 0 amide bonds. The number of esters is 1. The molecule has 0 radical (unpaired) electrons. The number of rotatable bonds is 3. The molecule has 7 nitrogen and oxygen atoms in total. The monoisotopic (exact) mass is 386 g/mol. The van der Waals surface area contributed by atoms with E-state index in [1.165, 1.54) is 7.11 Å². The second kappa shape index (κ2) is 7.20. The number of anilines is 1. The number of hydrogen-bond acceptors (Lipinski definition) is 6. The summed E-state index contributed by atoms with van der Waals surface area (Å²) in [5.41, 5.74) is 4.35. The summed E-state index contributed by atoms with van der Waals surface area (Å²) in [4.78, 5) is 35.6. The van der Waals surface area contributed by atoms with Gasteiger partial charge in [0, 0.05) is 11.1 Å². The molecule has 0 spiro atoms. The van der Waals surface area contributed by atoms with Crippen molar-refractivity contribution in [3.05, 3.63) is 92.0 Å². The van der Waals surface area contributed by atoms with Crippen LogP contribution in [0, 0.1) is 6.92 Å². The first-order valence-corrected chi connectivity index (χ1v) is 8.91. The fourth-order valence-corrected chi connectivity index (χ4v) is 3.07. The van der Waals surface area contributed by atoms with Crippen LogP contribution in [-0.4, -0.2) is 23.0 Å². The van der Waals surface area contributed by atoms with Crippen LogP contribution >= 0.6 is 0 Å². The number of aryl methyl sites for hydroxylation is 1. The van der Waals surface area contributed by atoms with Crippen LogP contribution in [0.4, 0.5) is 5.82 Å². The van der Waals surface area contributed by atoms with Crippen LogP contribution in [-0.2, 0) is 4.74 Å². The van der Waals surface area contributed by atoms with Gasteiger partial charge in [0.25, 0.3) is 5.56 Å². The molecule has 4 rings (SSSR count). The largest absolute Gasteiger partial charge is 0.465 e. The summed E-state index contributed by atoms with van der Waals surface area (Å²) >= 11 is 0. The quantitative estimate of drug-likeness (QED) is 0.670. The van der Waals surface area contributed by atoms with Gasteiger partial charge in [-0.25, -0.2) is 14.8 Å². The maximum atomic E-state index is 12.4. The average Bonchev–Trinajstić information content (AvgIpc) is 2.73. The van der Waals surface area contributed by atoms with Crippen LogP contribution < -0.4 is 21.7 Å². The van der Waals surface area contributed by atoms with Gasteiger partial charge in [0.15, 0.2) is 11.2 Å². The Hall–Kier alpha value is -4.00. The highest BCUT2D eigenvalue weighted by molar-refractivity contribution is 5.97. The van der Waals surface area contributed by atoms with Crippen molar-refractivity contribution in [2.75, 3.05) is 12.4 Å². The highest BCUT2D eigenvalue weighted by Gasteiger charge is 2.20. The van der Waals surface area contributed by atoms with Crippen molar-refractivity contribution in [1.82, 2.24) is 9.97 Å². The van der Waals surface area contributed by atoms with E-state index in [9.17, 15) is 9.59 Å². The Kier molecular flexibility index (Phi) is 4.56. The summed E-state index contributed by atoms with van der Waals surface area (Å²) in [7, 11) is 1.34. The minimum atomic E-state index is -0.419. The molecular formula is C22H18N4O3. The van der Waals surface area contributed by atoms with Gasteiger partial charge in [-0.15, -0.1) is 0 Å². The third-order valence-corrected chi connectivity index (χ3v) is 4.57. The van der Waals surface area contributed by atoms with Gasteiger partial charge in [0.2, 0.25) is 0 Å². The second-order valence-corrected chi connectivity index (χ2v) is 6.61. The summed E-state index contributed by atoms with van der Waals surface area (Å²) in [5.74, 6) is -0.0683. The molecule has 3 aromatic rings. The lowest BCUT2D eigenvalue weighted by Gasteiger charge is -2.19. The Morgan fingerprint density at radius 2 is 1.69 bits per heavy atom. The lowest BCUT2D eigenvalue weighted by molar-refractivity contribution is 0.0600. The van der Waals surface area contributed by atoms with Crippen molar-refractivity contribution in [2.45, 2.75) is 6.92 Å². The van der Waals surface area contributed by atoms with Gasteiger partial charge in [-0.05, 0) is 19.1 Å². The van der Waals surface area contributed by atoms with Gasteiger partial charge >= 0.3 is 5.97 Å². The number of ether oxygens (including phenoxy) is 1. The van der Waals surface area contributed by atoms with Crippen LogP contribution in [0.25, 0.3) is 18.0 Å². The van der Waals surface area contributed by atoms with Gasteiger partial charge in [-0.3, -0.25) is 4.79 Å². The Morgan fingerprint density at radius 1 is 1.03 bits per heavy atom. The number of aromatic nitrogens is 2. The molecule has 0 aliphatic carbocycles.